The average molecular weight is 227 g/mol. The molecule has 0 unspecified atom stereocenters. The van der Waals surface area contributed by atoms with Gasteiger partial charge in [0.25, 0.3) is 0 Å². The van der Waals surface area contributed by atoms with E-state index in [0.717, 1.165) is 18.7 Å². The maximum Gasteiger partial charge on any atom is 0.132 e. The lowest BCUT2D eigenvalue weighted by molar-refractivity contribution is 0.482. The molecular formula is C13H13N3O. The highest BCUT2D eigenvalue weighted by Crippen LogP contribution is 2.29. The van der Waals surface area contributed by atoms with Gasteiger partial charge >= 0.3 is 0 Å². The molecule has 1 aliphatic rings. The molecule has 3 rings (SSSR count). The summed E-state index contributed by atoms with van der Waals surface area (Å²) in [7, 11) is 0. The minimum atomic E-state index is 0.463. The molecule has 2 aromatic rings. The summed E-state index contributed by atoms with van der Waals surface area (Å²) in [5, 5.41) is 3.31. The summed E-state index contributed by atoms with van der Waals surface area (Å²) in [5.41, 5.74) is 8.10. The molecule has 17 heavy (non-hydrogen) atoms. The lowest BCUT2D eigenvalue weighted by atomic mass is 10.1. The van der Waals surface area contributed by atoms with Crippen molar-refractivity contribution < 1.29 is 4.74 Å². The zero-order valence-electron chi connectivity index (χ0n) is 9.31. The highest BCUT2D eigenvalue weighted by Gasteiger charge is 2.10. The molecule has 2 heterocycles. The Morgan fingerprint density at radius 2 is 2.06 bits per heavy atom. The number of benzene rings is 1. The van der Waals surface area contributed by atoms with Crippen molar-refractivity contribution in [2.75, 3.05) is 17.6 Å². The molecule has 0 saturated heterocycles. The van der Waals surface area contributed by atoms with Crippen LogP contribution in [0.15, 0.2) is 36.5 Å². The van der Waals surface area contributed by atoms with Crippen LogP contribution in [0.5, 0.6) is 11.5 Å². The first-order chi connectivity index (χ1) is 8.31. The zero-order valence-corrected chi connectivity index (χ0v) is 9.31. The second kappa shape index (κ2) is 3.97. The van der Waals surface area contributed by atoms with Gasteiger partial charge in [-0.1, -0.05) is 0 Å². The molecule has 0 amide bonds. The van der Waals surface area contributed by atoms with Crippen molar-refractivity contribution in [1.82, 2.24) is 4.98 Å². The van der Waals surface area contributed by atoms with Crippen LogP contribution in [0, 0.1) is 0 Å². The second-order valence-corrected chi connectivity index (χ2v) is 4.01. The van der Waals surface area contributed by atoms with E-state index >= 15 is 0 Å². The highest BCUT2D eigenvalue weighted by molar-refractivity contribution is 5.58. The topological polar surface area (TPSA) is 60.2 Å². The number of rotatable bonds is 2. The van der Waals surface area contributed by atoms with Crippen LogP contribution in [0.1, 0.15) is 5.56 Å². The Kier molecular flexibility index (Phi) is 2.33. The number of pyridine rings is 1. The molecule has 0 bridgehead atoms. The van der Waals surface area contributed by atoms with Crippen molar-refractivity contribution in [3.63, 3.8) is 0 Å². The van der Waals surface area contributed by atoms with Crippen molar-refractivity contribution in [3.8, 4) is 11.5 Å². The number of hydrogen-bond acceptors (Lipinski definition) is 4. The summed E-state index contributed by atoms with van der Waals surface area (Å²) < 4.78 is 5.74. The van der Waals surface area contributed by atoms with E-state index in [-0.39, 0.29) is 0 Å². The van der Waals surface area contributed by atoms with Crippen LogP contribution in [-0.4, -0.2) is 11.5 Å². The monoisotopic (exact) mass is 227 g/mol. The molecule has 0 atom stereocenters. The first-order valence-corrected chi connectivity index (χ1v) is 5.57. The van der Waals surface area contributed by atoms with Gasteiger partial charge in [-0.2, -0.15) is 0 Å². The van der Waals surface area contributed by atoms with Crippen LogP contribution in [0.2, 0.25) is 0 Å². The van der Waals surface area contributed by atoms with E-state index < -0.39 is 0 Å². The number of aromatic nitrogens is 1. The Morgan fingerprint density at radius 1 is 1.18 bits per heavy atom. The summed E-state index contributed by atoms with van der Waals surface area (Å²) in [5.74, 6) is 2.01. The van der Waals surface area contributed by atoms with Gasteiger partial charge in [-0.25, -0.2) is 4.98 Å². The van der Waals surface area contributed by atoms with E-state index in [0.29, 0.717) is 11.6 Å². The minimum Gasteiger partial charge on any atom is -0.457 e. The molecule has 0 spiro atoms. The van der Waals surface area contributed by atoms with Gasteiger partial charge in [-0.15, -0.1) is 0 Å². The predicted molar refractivity (Wildman–Crippen MR) is 67.4 cm³/mol. The van der Waals surface area contributed by atoms with Crippen molar-refractivity contribution in [2.45, 2.75) is 6.42 Å². The normalized spacial score (nSPS) is 12.9. The number of nitrogens with one attached hydrogen (secondary N) is 1. The van der Waals surface area contributed by atoms with Gasteiger partial charge in [0.05, 0.1) is 0 Å². The van der Waals surface area contributed by atoms with Crippen molar-refractivity contribution in [2.24, 2.45) is 0 Å². The molecule has 3 N–H and O–H groups in total. The number of ether oxygens (including phenoxy) is 1. The van der Waals surface area contributed by atoms with Crippen LogP contribution >= 0.6 is 0 Å². The lowest BCUT2D eigenvalue weighted by Gasteiger charge is -2.07. The first kappa shape index (κ1) is 9.96. The fourth-order valence-corrected chi connectivity index (χ4v) is 1.97. The summed E-state index contributed by atoms with van der Waals surface area (Å²) in [6, 6.07) is 9.56. The van der Waals surface area contributed by atoms with Gasteiger partial charge in [0.1, 0.15) is 17.3 Å². The molecule has 1 aromatic carbocycles. The third kappa shape index (κ3) is 2.01. The predicted octanol–water partition coefficient (Wildman–Crippen LogP) is 2.42. The SMILES string of the molecule is Nc1cc(Oc2ccc3c(c2)CCN3)ccn1. The Hall–Kier alpha value is -2.23. The third-order valence-corrected chi connectivity index (χ3v) is 2.77. The molecule has 4 heteroatoms. The Bertz CT molecular complexity index is 554. The van der Waals surface area contributed by atoms with Crippen LogP contribution in [0.3, 0.4) is 0 Å². The van der Waals surface area contributed by atoms with E-state index in [1.165, 1.54) is 11.3 Å². The maximum absolute atomic E-state index is 5.74. The largest absolute Gasteiger partial charge is 0.457 e. The van der Waals surface area contributed by atoms with Crippen LogP contribution < -0.4 is 15.8 Å². The van der Waals surface area contributed by atoms with Crippen molar-refractivity contribution in [1.29, 1.82) is 0 Å². The molecule has 4 nitrogen and oxygen atoms in total. The second-order valence-electron chi connectivity index (χ2n) is 4.01. The minimum absolute atomic E-state index is 0.463. The molecule has 0 radical (unpaired) electrons. The quantitative estimate of drug-likeness (QED) is 0.827. The van der Waals surface area contributed by atoms with Crippen LogP contribution in [0.4, 0.5) is 11.5 Å². The van der Waals surface area contributed by atoms with Gasteiger partial charge in [-0.05, 0) is 36.2 Å². The molecule has 1 aliphatic heterocycles. The maximum atomic E-state index is 5.74. The van der Waals surface area contributed by atoms with Gasteiger partial charge in [0.2, 0.25) is 0 Å². The van der Waals surface area contributed by atoms with Crippen molar-refractivity contribution >= 4 is 11.5 Å². The molecule has 0 fully saturated rings. The van der Waals surface area contributed by atoms with E-state index in [1.54, 1.807) is 18.3 Å². The Labute approximate surface area is 99.4 Å². The molecule has 86 valence electrons. The van der Waals surface area contributed by atoms with Gasteiger partial charge in [0, 0.05) is 24.5 Å². The average Bonchev–Trinajstić information content (AvgIpc) is 2.76. The Balaban J connectivity index is 1.86. The van der Waals surface area contributed by atoms with E-state index in [1.807, 2.05) is 12.1 Å². The summed E-state index contributed by atoms with van der Waals surface area (Å²) in [6.45, 7) is 1.00. The molecule has 0 aliphatic carbocycles. The number of hydrogen-bond donors (Lipinski definition) is 2. The highest BCUT2D eigenvalue weighted by atomic mass is 16.5. The van der Waals surface area contributed by atoms with E-state index in [9.17, 15) is 0 Å². The number of anilines is 2. The first-order valence-electron chi connectivity index (χ1n) is 5.57. The van der Waals surface area contributed by atoms with Gasteiger partial charge < -0.3 is 15.8 Å². The van der Waals surface area contributed by atoms with Crippen molar-refractivity contribution in [3.05, 3.63) is 42.1 Å². The lowest BCUT2D eigenvalue weighted by Crippen LogP contribution is -1.91. The van der Waals surface area contributed by atoms with Crippen LogP contribution in [-0.2, 0) is 6.42 Å². The van der Waals surface area contributed by atoms with Gasteiger partial charge in [-0.3, -0.25) is 0 Å². The molecular weight excluding hydrogens is 214 g/mol. The van der Waals surface area contributed by atoms with Gasteiger partial charge in [0.15, 0.2) is 0 Å². The van der Waals surface area contributed by atoms with E-state index in [4.69, 9.17) is 10.5 Å². The number of nitrogens with zero attached hydrogens (tertiary/aromatic N) is 1. The Morgan fingerprint density at radius 3 is 2.94 bits per heavy atom. The van der Waals surface area contributed by atoms with E-state index in [2.05, 4.69) is 16.4 Å². The smallest absolute Gasteiger partial charge is 0.132 e. The number of nitrogen functional groups attached to an aromatic ring is 1. The number of nitrogens with two attached hydrogens (primary N) is 1. The molecule has 0 saturated carbocycles. The summed E-state index contributed by atoms with van der Waals surface area (Å²) in [4.78, 5) is 3.93. The van der Waals surface area contributed by atoms with Crippen LogP contribution in [0.25, 0.3) is 0 Å². The zero-order chi connectivity index (χ0) is 11.7. The number of fused-ring (bicyclic) bond motifs is 1. The molecule has 1 aromatic heterocycles. The standard InChI is InChI=1S/C13H13N3O/c14-13-8-11(4-6-16-13)17-10-1-2-12-9(7-10)3-5-15-12/h1-2,4,6-8,15H,3,5H2,(H2,14,16). The fraction of sp³-hybridized carbons (Fsp3) is 0.154. The third-order valence-electron chi connectivity index (χ3n) is 2.77. The summed E-state index contributed by atoms with van der Waals surface area (Å²) in [6.07, 6.45) is 2.69. The fourth-order valence-electron chi connectivity index (χ4n) is 1.97. The summed E-state index contributed by atoms with van der Waals surface area (Å²) >= 11 is 0.